The molecule has 0 bridgehead atoms. The molecule has 0 heterocycles. The number of benzene rings is 1. The summed E-state index contributed by atoms with van der Waals surface area (Å²) in [7, 11) is 0. The Kier molecular flexibility index (Phi) is 10.1. The lowest BCUT2D eigenvalue weighted by atomic mass is 10.1. The summed E-state index contributed by atoms with van der Waals surface area (Å²) in [6.07, 6.45) is 8.70. The predicted octanol–water partition coefficient (Wildman–Crippen LogP) is 3.76. The zero-order valence-corrected chi connectivity index (χ0v) is 13.9. The minimum atomic E-state index is -1.16. The van der Waals surface area contributed by atoms with Crippen LogP contribution in [0.1, 0.15) is 61.7 Å². The SMILES string of the molecule is O=COCCCCCCCCCCOc1ccc(C(=O)O)c(O)c1. The number of rotatable bonds is 14. The minimum Gasteiger partial charge on any atom is -0.507 e. The van der Waals surface area contributed by atoms with Gasteiger partial charge in [0.2, 0.25) is 0 Å². The Morgan fingerprint density at radius 3 is 2.08 bits per heavy atom. The number of carbonyl (C=O) groups is 2. The van der Waals surface area contributed by atoms with Gasteiger partial charge in [-0.15, -0.1) is 0 Å². The molecule has 24 heavy (non-hydrogen) atoms. The molecule has 6 heteroatoms. The van der Waals surface area contributed by atoms with Gasteiger partial charge in [0.15, 0.2) is 0 Å². The fourth-order valence-electron chi connectivity index (χ4n) is 2.37. The van der Waals surface area contributed by atoms with Crippen molar-refractivity contribution < 1.29 is 29.3 Å². The van der Waals surface area contributed by atoms with Gasteiger partial charge in [-0.25, -0.2) is 4.79 Å². The minimum absolute atomic E-state index is 0.125. The topological polar surface area (TPSA) is 93.1 Å². The smallest absolute Gasteiger partial charge is 0.339 e. The highest BCUT2D eigenvalue weighted by molar-refractivity contribution is 5.90. The van der Waals surface area contributed by atoms with E-state index in [0.29, 0.717) is 25.4 Å². The lowest BCUT2D eigenvalue weighted by Gasteiger charge is -2.07. The van der Waals surface area contributed by atoms with Gasteiger partial charge in [-0.2, -0.15) is 0 Å². The maximum atomic E-state index is 10.8. The molecule has 0 aliphatic rings. The van der Waals surface area contributed by atoms with Crippen LogP contribution in [0.5, 0.6) is 11.5 Å². The number of carboxylic acid groups (broad SMARTS) is 1. The summed E-state index contributed by atoms with van der Waals surface area (Å²) >= 11 is 0. The van der Waals surface area contributed by atoms with E-state index < -0.39 is 5.97 Å². The van der Waals surface area contributed by atoms with Gasteiger partial charge in [-0.1, -0.05) is 38.5 Å². The molecule has 1 aromatic rings. The van der Waals surface area contributed by atoms with Crippen molar-refractivity contribution in [3.8, 4) is 11.5 Å². The van der Waals surface area contributed by atoms with E-state index in [9.17, 15) is 14.7 Å². The van der Waals surface area contributed by atoms with Crippen molar-refractivity contribution in [3.63, 3.8) is 0 Å². The Labute approximate surface area is 142 Å². The Morgan fingerprint density at radius 1 is 0.958 bits per heavy atom. The molecule has 0 aliphatic carbocycles. The van der Waals surface area contributed by atoms with E-state index in [1.807, 2.05) is 0 Å². The molecule has 0 unspecified atom stereocenters. The van der Waals surface area contributed by atoms with Crippen molar-refractivity contribution in [1.82, 2.24) is 0 Å². The molecule has 0 atom stereocenters. The predicted molar refractivity (Wildman–Crippen MR) is 89.5 cm³/mol. The fraction of sp³-hybridized carbons (Fsp3) is 0.556. The van der Waals surface area contributed by atoms with Crippen molar-refractivity contribution >= 4 is 12.4 Å². The number of phenols is 1. The number of carbonyl (C=O) groups excluding carboxylic acids is 1. The van der Waals surface area contributed by atoms with E-state index in [2.05, 4.69) is 4.74 Å². The van der Waals surface area contributed by atoms with Crippen LogP contribution >= 0.6 is 0 Å². The molecule has 0 amide bonds. The molecule has 0 aliphatic heterocycles. The van der Waals surface area contributed by atoms with Gasteiger partial charge in [-0.3, -0.25) is 4.79 Å². The zero-order chi connectivity index (χ0) is 17.6. The van der Waals surface area contributed by atoms with Crippen LogP contribution in [0, 0.1) is 0 Å². The second-order valence-electron chi connectivity index (χ2n) is 5.63. The standard InChI is InChI=1S/C18H26O6/c19-14-23-11-7-5-3-1-2-4-6-8-12-24-15-9-10-16(18(21)22)17(20)13-15/h9-10,13-14,20H,1-8,11-12H2,(H,21,22). The first-order valence-corrected chi connectivity index (χ1v) is 8.39. The maximum absolute atomic E-state index is 10.8. The molecule has 0 aromatic heterocycles. The zero-order valence-electron chi connectivity index (χ0n) is 13.9. The quantitative estimate of drug-likeness (QED) is 0.396. The summed E-state index contributed by atoms with van der Waals surface area (Å²) < 4.78 is 10.1. The second-order valence-corrected chi connectivity index (χ2v) is 5.63. The van der Waals surface area contributed by atoms with Crippen LogP contribution in [0.4, 0.5) is 0 Å². The van der Waals surface area contributed by atoms with Crippen molar-refractivity contribution in [2.45, 2.75) is 51.4 Å². The summed E-state index contributed by atoms with van der Waals surface area (Å²) in [5.74, 6) is -0.955. The molecule has 0 spiro atoms. The lowest BCUT2D eigenvalue weighted by molar-refractivity contribution is -0.128. The van der Waals surface area contributed by atoms with Crippen molar-refractivity contribution in [2.24, 2.45) is 0 Å². The van der Waals surface area contributed by atoms with Crippen molar-refractivity contribution in [1.29, 1.82) is 0 Å². The first-order chi connectivity index (χ1) is 11.6. The highest BCUT2D eigenvalue weighted by Gasteiger charge is 2.09. The third-order valence-electron chi connectivity index (χ3n) is 3.69. The first-order valence-electron chi connectivity index (χ1n) is 8.39. The van der Waals surface area contributed by atoms with Gasteiger partial charge in [0.1, 0.15) is 17.1 Å². The van der Waals surface area contributed by atoms with Gasteiger partial charge in [0.25, 0.3) is 6.47 Å². The number of aromatic carboxylic acids is 1. The van der Waals surface area contributed by atoms with Gasteiger partial charge in [0.05, 0.1) is 13.2 Å². The average Bonchev–Trinajstić information content (AvgIpc) is 2.55. The van der Waals surface area contributed by atoms with Gasteiger partial charge >= 0.3 is 5.97 Å². The van der Waals surface area contributed by atoms with E-state index in [4.69, 9.17) is 9.84 Å². The van der Waals surface area contributed by atoms with Crippen LogP contribution in [0.25, 0.3) is 0 Å². The summed E-state index contributed by atoms with van der Waals surface area (Å²) in [5, 5.41) is 18.4. The van der Waals surface area contributed by atoms with E-state index in [1.165, 1.54) is 25.0 Å². The average molecular weight is 338 g/mol. The van der Waals surface area contributed by atoms with Crippen LogP contribution in [0.15, 0.2) is 18.2 Å². The van der Waals surface area contributed by atoms with E-state index >= 15 is 0 Å². The van der Waals surface area contributed by atoms with Crippen molar-refractivity contribution in [2.75, 3.05) is 13.2 Å². The van der Waals surface area contributed by atoms with Crippen LogP contribution in [0.2, 0.25) is 0 Å². The van der Waals surface area contributed by atoms with Crippen LogP contribution in [0.3, 0.4) is 0 Å². The van der Waals surface area contributed by atoms with Gasteiger partial charge in [0, 0.05) is 6.07 Å². The maximum Gasteiger partial charge on any atom is 0.339 e. The molecule has 0 radical (unpaired) electrons. The highest BCUT2D eigenvalue weighted by Crippen LogP contribution is 2.23. The fourth-order valence-corrected chi connectivity index (χ4v) is 2.37. The van der Waals surface area contributed by atoms with Crippen LogP contribution in [-0.2, 0) is 9.53 Å². The monoisotopic (exact) mass is 338 g/mol. The summed E-state index contributed by atoms with van der Waals surface area (Å²) in [4.78, 5) is 20.7. The Balaban J connectivity index is 2.00. The second kappa shape index (κ2) is 12.2. The molecule has 0 saturated carbocycles. The first kappa shape index (κ1) is 19.8. The summed E-state index contributed by atoms with van der Waals surface area (Å²) in [5.41, 5.74) is -0.125. The van der Waals surface area contributed by atoms with Crippen LogP contribution in [-0.4, -0.2) is 35.9 Å². The van der Waals surface area contributed by atoms with Gasteiger partial charge < -0.3 is 19.7 Å². The Bertz CT molecular complexity index is 500. The molecule has 6 nitrogen and oxygen atoms in total. The number of ether oxygens (including phenoxy) is 2. The number of carboxylic acids is 1. The largest absolute Gasteiger partial charge is 0.507 e. The summed E-state index contributed by atoms with van der Waals surface area (Å²) in [6.45, 7) is 1.56. The number of hydrogen-bond donors (Lipinski definition) is 2. The molecular weight excluding hydrogens is 312 g/mol. The Hall–Kier alpha value is -2.24. The molecule has 1 rings (SSSR count). The lowest BCUT2D eigenvalue weighted by Crippen LogP contribution is -2.00. The molecule has 0 fully saturated rings. The number of aromatic hydroxyl groups is 1. The molecule has 134 valence electrons. The summed E-state index contributed by atoms with van der Waals surface area (Å²) in [6, 6.07) is 4.22. The van der Waals surface area contributed by atoms with E-state index in [0.717, 1.165) is 38.5 Å². The molecule has 2 N–H and O–H groups in total. The molecule has 0 saturated heterocycles. The highest BCUT2D eigenvalue weighted by atomic mass is 16.5. The third kappa shape index (κ3) is 8.41. The molecule has 1 aromatic carbocycles. The van der Waals surface area contributed by atoms with Crippen molar-refractivity contribution in [3.05, 3.63) is 23.8 Å². The van der Waals surface area contributed by atoms with Gasteiger partial charge in [-0.05, 0) is 25.0 Å². The number of hydrogen-bond acceptors (Lipinski definition) is 5. The van der Waals surface area contributed by atoms with E-state index in [-0.39, 0.29) is 11.3 Å². The van der Waals surface area contributed by atoms with Crippen LogP contribution < -0.4 is 4.74 Å². The number of unbranched alkanes of at least 4 members (excludes halogenated alkanes) is 7. The van der Waals surface area contributed by atoms with E-state index in [1.54, 1.807) is 6.07 Å². The molecular formula is C18H26O6. The third-order valence-corrected chi connectivity index (χ3v) is 3.69. The normalized spacial score (nSPS) is 10.3. The Morgan fingerprint density at radius 2 is 1.54 bits per heavy atom.